The summed E-state index contributed by atoms with van der Waals surface area (Å²) in [4.78, 5) is 10.3. The third kappa shape index (κ3) is 3.06. The molecule has 6 nitrogen and oxygen atoms in total. The third-order valence-electron chi connectivity index (χ3n) is 4.17. The second kappa shape index (κ2) is 6.31. The first-order valence-electron chi connectivity index (χ1n) is 7.27. The Morgan fingerprint density at radius 2 is 2.29 bits per heavy atom. The molecule has 0 bridgehead atoms. The van der Waals surface area contributed by atoms with E-state index in [9.17, 15) is 0 Å². The summed E-state index contributed by atoms with van der Waals surface area (Å²) in [6.45, 7) is 5.14. The number of likely N-dealkylation sites (N-methyl/N-ethyl adjacent to an activating group) is 2. The minimum Gasteiger partial charge on any atom is -0.480 e. The molecule has 3 heterocycles. The topological polar surface area (TPSA) is 45.0 Å². The van der Waals surface area contributed by atoms with Gasteiger partial charge in [-0.2, -0.15) is 4.98 Å². The van der Waals surface area contributed by atoms with Gasteiger partial charge >= 0.3 is 0 Å². The van der Waals surface area contributed by atoms with Crippen LogP contribution in [0.15, 0.2) is 11.6 Å². The Balaban J connectivity index is 1.62. The second-order valence-corrected chi connectivity index (χ2v) is 6.52. The molecular weight excluding hydrogens is 286 g/mol. The highest BCUT2D eigenvalue weighted by molar-refractivity contribution is 7.15. The number of methoxy groups -OCH3 is 1. The average Bonchev–Trinajstić information content (AvgIpc) is 3.04. The fourth-order valence-corrected chi connectivity index (χ4v) is 3.54. The lowest BCUT2D eigenvalue weighted by atomic mass is 10.2. The maximum Gasteiger partial charge on any atom is 0.237 e. The van der Waals surface area contributed by atoms with Crippen molar-refractivity contribution >= 4 is 16.3 Å². The molecule has 0 amide bonds. The number of aromatic nitrogens is 2. The second-order valence-electron chi connectivity index (χ2n) is 5.65. The van der Waals surface area contributed by atoms with Crippen LogP contribution in [0, 0.1) is 0 Å². The Hall–Kier alpha value is -1.15. The first-order valence-corrected chi connectivity index (χ1v) is 8.15. The molecule has 1 saturated heterocycles. The number of thiazole rings is 1. The van der Waals surface area contributed by atoms with Gasteiger partial charge < -0.3 is 15.0 Å². The van der Waals surface area contributed by atoms with Gasteiger partial charge in [-0.15, -0.1) is 11.3 Å². The number of piperazine rings is 1. The summed E-state index contributed by atoms with van der Waals surface area (Å²) in [6, 6.07) is 0.556. The Kier molecular flexibility index (Phi) is 4.44. The quantitative estimate of drug-likeness (QED) is 0.883. The molecule has 2 aromatic heterocycles. The number of imidazole rings is 1. The molecule has 21 heavy (non-hydrogen) atoms. The predicted octanol–water partition coefficient (Wildman–Crippen LogP) is 0.740. The van der Waals surface area contributed by atoms with Crippen LogP contribution in [-0.4, -0.2) is 72.6 Å². The van der Waals surface area contributed by atoms with Crippen LogP contribution in [0.4, 0.5) is 0 Å². The molecule has 116 valence electrons. The lowest BCUT2D eigenvalue weighted by Crippen LogP contribution is -2.53. The first kappa shape index (κ1) is 14.8. The number of nitrogens with zero attached hydrogens (tertiary/aromatic N) is 4. The Labute approximate surface area is 129 Å². The van der Waals surface area contributed by atoms with E-state index in [0.29, 0.717) is 6.04 Å². The number of ether oxygens (including phenoxy) is 1. The molecule has 0 radical (unpaired) electrons. The van der Waals surface area contributed by atoms with Gasteiger partial charge in [0.1, 0.15) is 5.69 Å². The number of fused-ring (bicyclic) bond motifs is 1. The van der Waals surface area contributed by atoms with E-state index in [1.807, 2.05) is 6.20 Å². The maximum atomic E-state index is 5.39. The van der Waals surface area contributed by atoms with Crippen LogP contribution in [0.25, 0.3) is 4.96 Å². The minimum atomic E-state index is 0.556. The SMILES string of the molecule is COc1nc2sccn2c1CNCC1CN(C)CCN1C. The van der Waals surface area contributed by atoms with E-state index in [1.54, 1.807) is 18.4 Å². The fraction of sp³-hybridized carbons (Fsp3) is 0.643. The normalized spacial score (nSPS) is 21.2. The fourth-order valence-electron chi connectivity index (χ4n) is 2.82. The molecule has 3 rings (SSSR count). The van der Waals surface area contributed by atoms with E-state index in [-0.39, 0.29) is 0 Å². The van der Waals surface area contributed by atoms with Crippen molar-refractivity contribution in [2.75, 3.05) is 47.4 Å². The van der Waals surface area contributed by atoms with Gasteiger partial charge in [-0.3, -0.25) is 9.30 Å². The summed E-state index contributed by atoms with van der Waals surface area (Å²) >= 11 is 1.63. The number of nitrogens with one attached hydrogen (secondary N) is 1. The standard InChI is InChI=1S/C14H23N5OS/c1-17-4-5-18(2)11(10-17)8-15-9-12-13(20-3)16-14-19(12)6-7-21-14/h6-7,11,15H,4-5,8-10H2,1-3H3. The number of hydrogen-bond donors (Lipinski definition) is 1. The van der Waals surface area contributed by atoms with Crippen molar-refractivity contribution in [2.45, 2.75) is 12.6 Å². The van der Waals surface area contributed by atoms with Crippen LogP contribution in [-0.2, 0) is 6.54 Å². The number of rotatable bonds is 5. The summed E-state index contributed by atoms with van der Waals surface area (Å²) in [6.07, 6.45) is 2.05. The average molecular weight is 309 g/mol. The highest BCUT2D eigenvalue weighted by Crippen LogP contribution is 2.22. The van der Waals surface area contributed by atoms with E-state index < -0.39 is 0 Å². The highest BCUT2D eigenvalue weighted by Gasteiger charge is 2.22. The van der Waals surface area contributed by atoms with E-state index in [0.717, 1.165) is 49.3 Å². The molecule has 1 atom stereocenters. The predicted molar refractivity (Wildman–Crippen MR) is 85.2 cm³/mol. The molecule has 1 fully saturated rings. The van der Waals surface area contributed by atoms with Crippen molar-refractivity contribution in [2.24, 2.45) is 0 Å². The van der Waals surface area contributed by atoms with Crippen molar-refractivity contribution < 1.29 is 4.74 Å². The van der Waals surface area contributed by atoms with Gasteiger partial charge in [-0.1, -0.05) is 0 Å². The van der Waals surface area contributed by atoms with Crippen molar-refractivity contribution in [3.05, 3.63) is 17.3 Å². The van der Waals surface area contributed by atoms with Gasteiger partial charge in [0, 0.05) is 50.3 Å². The van der Waals surface area contributed by atoms with Crippen molar-refractivity contribution in [3.63, 3.8) is 0 Å². The van der Waals surface area contributed by atoms with E-state index in [4.69, 9.17) is 4.74 Å². The molecule has 0 spiro atoms. The van der Waals surface area contributed by atoms with E-state index >= 15 is 0 Å². The molecule has 0 aliphatic carbocycles. The van der Waals surface area contributed by atoms with Gasteiger partial charge in [0.05, 0.1) is 7.11 Å². The van der Waals surface area contributed by atoms with Gasteiger partial charge in [0.15, 0.2) is 4.96 Å². The van der Waals surface area contributed by atoms with Crippen LogP contribution in [0.3, 0.4) is 0 Å². The van der Waals surface area contributed by atoms with Crippen LogP contribution in [0.2, 0.25) is 0 Å². The molecule has 0 saturated carbocycles. The van der Waals surface area contributed by atoms with Crippen LogP contribution < -0.4 is 10.1 Å². The molecule has 1 aliphatic rings. The highest BCUT2D eigenvalue weighted by atomic mass is 32.1. The zero-order chi connectivity index (χ0) is 14.8. The number of hydrogen-bond acceptors (Lipinski definition) is 6. The summed E-state index contributed by atoms with van der Waals surface area (Å²) in [5.74, 6) is 0.725. The zero-order valence-electron chi connectivity index (χ0n) is 12.9. The summed E-state index contributed by atoms with van der Waals surface area (Å²) in [7, 11) is 6.07. The Morgan fingerprint density at radius 1 is 1.43 bits per heavy atom. The van der Waals surface area contributed by atoms with Crippen LogP contribution in [0.5, 0.6) is 5.88 Å². The molecule has 0 aromatic carbocycles. The summed E-state index contributed by atoms with van der Waals surface area (Å²) in [5, 5.41) is 5.61. The molecule has 1 N–H and O–H groups in total. The van der Waals surface area contributed by atoms with Crippen molar-refractivity contribution in [3.8, 4) is 5.88 Å². The third-order valence-corrected chi connectivity index (χ3v) is 4.93. The van der Waals surface area contributed by atoms with Crippen LogP contribution >= 0.6 is 11.3 Å². The summed E-state index contributed by atoms with van der Waals surface area (Å²) in [5.41, 5.74) is 1.10. The van der Waals surface area contributed by atoms with Crippen LogP contribution in [0.1, 0.15) is 5.69 Å². The Bertz CT molecular complexity index is 595. The van der Waals surface area contributed by atoms with Gasteiger partial charge in [0.2, 0.25) is 5.88 Å². The minimum absolute atomic E-state index is 0.556. The van der Waals surface area contributed by atoms with Crippen molar-refractivity contribution in [1.29, 1.82) is 0 Å². The molecule has 1 aliphatic heterocycles. The maximum absolute atomic E-state index is 5.39. The molecule has 1 unspecified atom stereocenters. The summed E-state index contributed by atoms with van der Waals surface area (Å²) < 4.78 is 7.49. The monoisotopic (exact) mass is 309 g/mol. The Morgan fingerprint density at radius 3 is 3.10 bits per heavy atom. The van der Waals surface area contributed by atoms with Gasteiger partial charge in [-0.25, -0.2) is 0 Å². The molecular formula is C14H23N5OS. The lowest BCUT2D eigenvalue weighted by Gasteiger charge is -2.37. The first-order chi connectivity index (χ1) is 10.2. The largest absolute Gasteiger partial charge is 0.480 e. The van der Waals surface area contributed by atoms with E-state index in [2.05, 4.69) is 44.0 Å². The van der Waals surface area contributed by atoms with Gasteiger partial charge in [0.25, 0.3) is 0 Å². The van der Waals surface area contributed by atoms with E-state index in [1.165, 1.54) is 0 Å². The van der Waals surface area contributed by atoms with Crippen molar-refractivity contribution in [1.82, 2.24) is 24.5 Å². The van der Waals surface area contributed by atoms with Gasteiger partial charge in [-0.05, 0) is 14.1 Å². The smallest absolute Gasteiger partial charge is 0.237 e. The molecule has 2 aromatic rings. The molecule has 7 heteroatoms. The lowest BCUT2D eigenvalue weighted by molar-refractivity contribution is 0.113. The zero-order valence-corrected chi connectivity index (χ0v) is 13.7.